The molecule has 0 aliphatic carbocycles. The number of ether oxygens (including phenoxy) is 3. The SMILES string of the molecule is CCNC(=NCC(C)c1ccccc1OC)NCCCOCCOC. The van der Waals surface area contributed by atoms with Crippen molar-refractivity contribution in [1.29, 1.82) is 0 Å². The Labute approximate surface area is 152 Å². The third-order valence-electron chi connectivity index (χ3n) is 3.73. The van der Waals surface area contributed by atoms with Gasteiger partial charge in [0.1, 0.15) is 5.75 Å². The van der Waals surface area contributed by atoms with E-state index < -0.39 is 0 Å². The second-order valence-corrected chi connectivity index (χ2v) is 5.75. The maximum Gasteiger partial charge on any atom is 0.191 e. The van der Waals surface area contributed by atoms with Crippen molar-refractivity contribution >= 4 is 5.96 Å². The van der Waals surface area contributed by atoms with Crippen LogP contribution in [0.4, 0.5) is 0 Å². The largest absolute Gasteiger partial charge is 0.496 e. The third kappa shape index (κ3) is 8.74. The Kier molecular flexibility index (Phi) is 11.5. The molecule has 1 atom stereocenters. The summed E-state index contributed by atoms with van der Waals surface area (Å²) in [5.74, 6) is 2.03. The van der Waals surface area contributed by atoms with Crippen molar-refractivity contribution < 1.29 is 14.2 Å². The molecule has 142 valence electrons. The molecular weight excluding hydrogens is 318 g/mol. The monoisotopic (exact) mass is 351 g/mol. The maximum atomic E-state index is 5.46. The molecule has 0 saturated heterocycles. The molecule has 1 aromatic rings. The lowest BCUT2D eigenvalue weighted by atomic mass is 10.0. The van der Waals surface area contributed by atoms with Crippen molar-refractivity contribution in [3.8, 4) is 5.75 Å². The van der Waals surface area contributed by atoms with Gasteiger partial charge in [0.25, 0.3) is 0 Å². The lowest BCUT2D eigenvalue weighted by molar-refractivity contribution is 0.0698. The van der Waals surface area contributed by atoms with Crippen molar-refractivity contribution in [2.75, 3.05) is 53.7 Å². The van der Waals surface area contributed by atoms with Gasteiger partial charge in [0, 0.05) is 39.3 Å². The van der Waals surface area contributed by atoms with Crippen LogP contribution in [-0.2, 0) is 9.47 Å². The van der Waals surface area contributed by atoms with Crippen LogP contribution >= 0.6 is 0 Å². The standard InChI is InChI=1S/C19H33N3O3/c1-5-20-19(21-11-8-12-25-14-13-23-3)22-15-16(2)17-9-6-7-10-18(17)24-4/h6-7,9-10,16H,5,8,11-15H2,1-4H3,(H2,20,21,22). The molecule has 0 aromatic heterocycles. The third-order valence-corrected chi connectivity index (χ3v) is 3.73. The summed E-state index contributed by atoms with van der Waals surface area (Å²) >= 11 is 0. The first-order valence-corrected chi connectivity index (χ1v) is 8.94. The van der Waals surface area contributed by atoms with Crippen molar-refractivity contribution in [3.63, 3.8) is 0 Å². The van der Waals surface area contributed by atoms with E-state index in [2.05, 4.69) is 30.5 Å². The van der Waals surface area contributed by atoms with E-state index in [-0.39, 0.29) is 5.92 Å². The number of benzene rings is 1. The summed E-state index contributed by atoms with van der Waals surface area (Å²) in [5.41, 5.74) is 1.18. The van der Waals surface area contributed by atoms with Gasteiger partial charge in [-0.05, 0) is 25.0 Å². The predicted octanol–water partition coefficient (Wildman–Crippen LogP) is 2.41. The Hall–Kier alpha value is -1.79. The van der Waals surface area contributed by atoms with E-state index in [9.17, 15) is 0 Å². The Morgan fingerprint density at radius 2 is 1.92 bits per heavy atom. The first kappa shape index (κ1) is 21.3. The molecule has 0 bridgehead atoms. The van der Waals surface area contributed by atoms with Gasteiger partial charge < -0.3 is 24.8 Å². The van der Waals surface area contributed by atoms with Gasteiger partial charge >= 0.3 is 0 Å². The predicted molar refractivity (Wildman–Crippen MR) is 103 cm³/mol. The topological polar surface area (TPSA) is 64.1 Å². The smallest absolute Gasteiger partial charge is 0.191 e. The molecule has 0 aliphatic rings. The van der Waals surface area contributed by atoms with Crippen LogP contribution in [0.1, 0.15) is 31.7 Å². The number of nitrogens with one attached hydrogen (secondary N) is 2. The second kappa shape index (κ2) is 13.5. The number of methoxy groups -OCH3 is 2. The van der Waals surface area contributed by atoms with Crippen LogP contribution in [0.15, 0.2) is 29.3 Å². The average Bonchev–Trinajstić information content (AvgIpc) is 2.64. The molecule has 0 saturated carbocycles. The highest BCUT2D eigenvalue weighted by Gasteiger charge is 2.10. The highest BCUT2D eigenvalue weighted by Crippen LogP contribution is 2.26. The van der Waals surface area contributed by atoms with E-state index in [1.807, 2.05) is 18.2 Å². The first-order chi connectivity index (χ1) is 12.2. The van der Waals surface area contributed by atoms with Gasteiger partial charge in [-0.25, -0.2) is 0 Å². The minimum absolute atomic E-state index is 0.281. The highest BCUT2D eigenvalue weighted by atomic mass is 16.5. The lowest BCUT2D eigenvalue weighted by Gasteiger charge is -2.16. The highest BCUT2D eigenvalue weighted by molar-refractivity contribution is 5.79. The number of para-hydroxylation sites is 1. The van der Waals surface area contributed by atoms with Crippen LogP contribution in [0.25, 0.3) is 0 Å². The molecule has 0 amide bonds. The zero-order chi connectivity index (χ0) is 18.3. The fourth-order valence-electron chi connectivity index (χ4n) is 2.37. The van der Waals surface area contributed by atoms with Gasteiger partial charge in [0.05, 0.1) is 20.3 Å². The van der Waals surface area contributed by atoms with E-state index in [4.69, 9.17) is 19.2 Å². The van der Waals surface area contributed by atoms with Gasteiger partial charge in [-0.15, -0.1) is 0 Å². The van der Waals surface area contributed by atoms with Crippen molar-refractivity contribution in [2.24, 2.45) is 4.99 Å². The molecule has 6 nitrogen and oxygen atoms in total. The maximum absolute atomic E-state index is 5.46. The normalized spacial score (nSPS) is 12.7. The molecule has 1 unspecified atom stereocenters. The molecule has 1 rings (SSSR count). The minimum atomic E-state index is 0.281. The van der Waals surface area contributed by atoms with Crippen molar-refractivity contribution in [3.05, 3.63) is 29.8 Å². The van der Waals surface area contributed by atoms with Gasteiger partial charge in [-0.1, -0.05) is 25.1 Å². The van der Waals surface area contributed by atoms with Crippen LogP contribution in [-0.4, -0.2) is 59.6 Å². The lowest BCUT2D eigenvalue weighted by Crippen LogP contribution is -2.38. The first-order valence-electron chi connectivity index (χ1n) is 8.94. The van der Waals surface area contributed by atoms with Crippen molar-refractivity contribution in [1.82, 2.24) is 10.6 Å². The van der Waals surface area contributed by atoms with Crippen LogP contribution in [0.5, 0.6) is 5.75 Å². The number of hydrogen-bond donors (Lipinski definition) is 2. The van der Waals surface area contributed by atoms with Crippen LogP contribution < -0.4 is 15.4 Å². The Bertz CT molecular complexity index is 495. The van der Waals surface area contributed by atoms with Gasteiger partial charge in [-0.3, -0.25) is 4.99 Å². The van der Waals surface area contributed by atoms with E-state index in [0.717, 1.165) is 31.2 Å². The fraction of sp³-hybridized carbons (Fsp3) is 0.632. The molecule has 1 aromatic carbocycles. The van der Waals surface area contributed by atoms with E-state index in [0.29, 0.717) is 26.4 Å². The molecule has 6 heteroatoms. The number of guanidine groups is 1. The van der Waals surface area contributed by atoms with E-state index in [1.54, 1.807) is 14.2 Å². The Balaban J connectivity index is 2.43. The van der Waals surface area contributed by atoms with E-state index in [1.165, 1.54) is 5.56 Å². The summed E-state index contributed by atoms with van der Waals surface area (Å²) in [6.07, 6.45) is 0.927. The van der Waals surface area contributed by atoms with Crippen molar-refractivity contribution in [2.45, 2.75) is 26.2 Å². The minimum Gasteiger partial charge on any atom is -0.496 e. The number of aliphatic imine (C=N–C) groups is 1. The van der Waals surface area contributed by atoms with Gasteiger partial charge in [0.15, 0.2) is 5.96 Å². The van der Waals surface area contributed by atoms with Crippen LogP contribution in [0, 0.1) is 0 Å². The van der Waals surface area contributed by atoms with Crippen LogP contribution in [0.3, 0.4) is 0 Å². The molecule has 0 aliphatic heterocycles. The summed E-state index contributed by atoms with van der Waals surface area (Å²) in [6.45, 7) is 8.57. The number of rotatable bonds is 12. The zero-order valence-electron chi connectivity index (χ0n) is 16.0. The molecule has 0 radical (unpaired) electrons. The van der Waals surface area contributed by atoms with Gasteiger partial charge in [-0.2, -0.15) is 0 Å². The summed E-state index contributed by atoms with van der Waals surface area (Å²) < 4.78 is 15.8. The quantitative estimate of drug-likeness (QED) is 0.344. The van der Waals surface area contributed by atoms with E-state index >= 15 is 0 Å². The van der Waals surface area contributed by atoms with Crippen LogP contribution in [0.2, 0.25) is 0 Å². The summed E-state index contributed by atoms with van der Waals surface area (Å²) in [6, 6.07) is 8.10. The number of hydrogen-bond acceptors (Lipinski definition) is 4. The molecule has 25 heavy (non-hydrogen) atoms. The Morgan fingerprint density at radius 1 is 1.12 bits per heavy atom. The molecule has 0 heterocycles. The fourth-order valence-corrected chi connectivity index (χ4v) is 2.37. The second-order valence-electron chi connectivity index (χ2n) is 5.75. The molecule has 0 spiro atoms. The average molecular weight is 351 g/mol. The summed E-state index contributed by atoms with van der Waals surface area (Å²) in [4.78, 5) is 4.69. The summed E-state index contributed by atoms with van der Waals surface area (Å²) in [5, 5.41) is 6.62. The Morgan fingerprint density at radius 3 is 2.64 bits per heavy atom. The molecule has 2 N–H and O–H groups in total. The molecular formula is C19H33N3O3. The number of nitrogens with zero attached hydrogens (tertiary/aromatic N) is 1. The molecule has 0 fully saturated rings. The zero-order valence-corrected chi connectivity index (χ0v) is 16.0. The van der Waals surface area contributed by atoms with Gasteiger partial charge in [0.2, 0.25) is 0 Å². The summed E-state index contributed by atoms with van der Waals surface area (Å²) in [7, 11) is 3.38.